The van der Waals surface area contributed by atoms with Crippen molar-refractivity contribution < 1.29 is 19.4 Å². The number of hydrogen-bond donors (Lipinski definition) is 1. The van der Waals surface area contributed by atoms with Crippen LogP contribution < -0.4 is 0 Å². The summed E-state index contributed by atoms with van der Waals surface area (Å²) in [5.41, 5.74) is 3.16. The van der Waals surface area contributed by atoms with Crippen molar-refractivity contribution in [1.29, 1.82) is 0 Å². The maximum atomic E-state index is 12.1. The zero-order valence-corrected chi connectivity index (χ0v) is 17.1. The largest absolute Gasteiger partial charge is 0.507 e. The number of ether oxygens (including phenoxy) is 2. The lowest BCUT2D eigenvalue weighted by atomic mass is 9.86. The number of aromatic hydroxyl groups is 1. The second kappa shape index (κ2) is 10.1. The summed E-state index contributed by atoms with van der Waals surface area (Å²) < 4.78 is 11.0. The Morgan fingerprint density at radius 1 is 1.11 bits per heavy atom. The van der Waals surface area contributed by atoms with E-state index in [9.17, 15) is 9.90 Å². The Bertz CT molecular complexity index is 785. The van der Waals surface area contributed by atoms with E-state index in [1.54, 1.807) is 24.3 Å². The van der Waals surface area contributed by atoms with E-state index in [4.69, 9.17) is 9.47 Å². The van der Waals surface area contributed by atoms with Crippen LogP contribution in [0, 0.1) is 0 Å². The summed E-state index contributed by atoms with van der Waals surface area (Å²) in [6.07, 6.45) is 3.57. The molecule has 0 bridgehead atoms. The Morgan fingerprint density at radius 2 is 1.79 bits per heavy atom. The molecule has 0 amide bonds. The summed E-state index contributed by atoms with van der Waals surface area (Å²) in [4.78, 5) is 12.1. The molecular formula is C24H30O4. The van der Waals surface area contributed by atoms with Crippen LogP contribution in [0.15, 0.2) is 54.6 Å². The molecule has 1 N–H and O–H groups in total. The highest BCUT2D eigenvalue weighted by molar-refractivity contribution is 5.87. The Morgan fingerprint density at radius 3 is 2.39 bits per heavy atom. The van der Waals surface area contributed by atoms with Gasteiger partial charge in [0, 0.05) is 24.7 Å². The molecule has 0 saturated heterocycles. The highest BCUT2D eigenvalue weighted by atomic mass is 16.7. The molecule has 150 valence electrons. The second-order valence-electron chi connectivity index (χ2n) is 7.70. The molecule has 1 unspecified atom stereocenters. The molecule has 0 heterocycles. The van der Waals surface area contributed by atoms with Crippen molar-refractivity contribution in [3.63, 3.8) is 0 Å². The maximum absolute atomic E-state index is 12.1. The molecule has 0 aliphatic heterocycles. The summed E-state index contributed by atoms with van der Waals surface area (Å²) in [6.45, 7) is 8.90. The molecule has 2 rings (SSSR count). The van der Waals surface area contributed by atoms with Crippen LogP contribution in [0.3, 0.4) is 0 Å². The molecule has 2 aromatic carbocycles. The third-order valence-corrected chi connectivity index (χ3v) is 4.42. The Kier molecular flexibility index (Phi) is 7.82. The second-order valence-corrected chi connectivity index (χ2v) is 7.70. The van der Waals surface area contributed by atoms with E-state index in [-0.39, 0.29) is 11.2 Å². The number of para-hydroxylation sites is 1. The lowest BCUT2D eigenvalue weighted by Crippen LogP contribution is -2.21. The number of carbonyl (C=O) groups excluding carboxylic acids is 1. The first-order chi connectivity index (χ1) is 13.3. The molecule has 4 heteroatoms. The maximum Gasteiger partial charge on any atom is 0.333 e. The molecule has 28 heavy (non-hydrogen) atoms. The van der Waals surface area contributed by atoms with Gasteiger partial charge in [-0.15, -0.1) is 0 Å². The van der Waals surface area contributed by atoms with Crippen LogP contribution in [0.5, 0.6) is 5.75 Å². The van der Waals surface area contributed by atoms with Gasteiger partial charge in [-0.25, -0.2) is 4.79 Å². The number of aryl methyl sites for hydroxylation is 1. The van der Waals surface area contributed by atoms with Crippen molar-refractivity contribution in [2.45, 2.75) is 52.2 Å². The standard InChI is InChI=1S/C24H30O4/c1-5-27-23(17-12-18-10-14-20(15-11-18)24(2,3)4)28-22(26)16-13-19-8-6-7-9-21(19)25/h6-11,13-16,23,25H,5,12,17H2,1-4H3/b16-13+. The number of benzene rings is 2. The minimum Gasteiger partial charge on any atom is -0.507 e. The van der Waals surface area contributed by atoms with Gasteiger partial charge in [-0.3, -0.25) is 0 Å². The predicted molar refractivity (Wildman–Crippen MR) is 112 cm³/mol. The van der Waals surface area contributed by atoms with Crippen LogP contribution in [-0.4, -0.2) is 24.0 Å². The Balaban J connectivity index is 1.92. The molecule has 0 spiro atoms. The van der Waals surface area contributed by atoms with Gasteiger partial charge in [0.1, 0.15) is 5.75 Å². The first-order valence-electron chi connectivity index (χ1n) is 9.67. The van der Waals surface area contributed by atoms with Gasteiger partial charge < -0.3 is 14.6 Å². The smallest absolute Gasteiger partial charge is 0.333 e. The minimum absolute atomic E-state index is 0.117. The Hall–Kier alpha value is -2.59. The summed E-state index contributed by atoms with van der Waals surface area (Å²) in [5, 5.41) is 9.74. The number of rotatable bonds is 8. The number of carbonyl (C=O) groups is 1. The fraction of sp³-hybridized carbons (Fsp3) is 0.375. The first-order valence-corrected chi connectivity index (χ1v) is 9.67. The van der Waals surface area contributed by atoms with Crippen LogP contribution in [-0.2, 0) is 26.1 Å². The zero-order chi connectivity index (χ0) is 20.6. The van der Waals surface area contributed by atoms with Gasteiger partial charge >= 0.3 is 5.97 Å². The average molecular weight is 383 g/mol. The lowest BCUT2D eigenvalue weighted by molar-refractivity contribution is -0.173. The van der Waals surface area contributed by atoms with Crippen LogP contribution in [0.1, 0.15) is 50.8 Å². The van der Waals surface area contributed by atoms with Gasteiger partial charge in [0.05, 0.1) is 0 Å². The monoisotopic (exact) mass is 382 g/mol. The molecule has 0 saturated carbocycles. The fourth-order valence-electron chi connectivity index (χ4n) is 2.77. The minimum atomic E-state index is -0.603. The van der Waals surface area contributed by atoms with Crippen molar-refractivity contribution in [2.75, 3.05) is 6.61 Å². The van der Waals surface area contributed by atoms with Gasteiger partial charge in [0.25, 0.3) is 0 Å². The first kappa shape index (κ1) is 21.7. The average Bonchev–Trinajstić information content (AvgIpc) is 2.65. The molecule has 0 aliphatic carbocycles. The van der Waals surface area contributed by atoms with E-state index in [2.05, 4.69) is 45.0 Å². The van der Waals surface area contributed by atoms with Crippen LogP contribution in [0.2, 0.25) is 0 Å². The van der Waals surface area contributed by atoms with Gasteiger partial charge in [-0.1, -0.05) is 63.2 Å². The summed E-state index contributed by atoms with van der Waals surface area (Å²) >= 11 is 0. The van der Waals surface area contributed by atoms with Crippen LogP contribution in [0.25, 0.3) is 6.08 Å². The van der Waals surface area contributed by atoms with Gasteiger partial charge in [-0.05, 0) is 42.0 Å². The molecule has 0 radical (unpaired) electrons. The number of hydrogen-bond acceptors (Lipinski definition) is 4. The summed E-state index contributed by atoms with van der Waals surface area (Å²) in [7, 11) is 0. The molecule has 0 aliphatic rings. The van der Waals surface area contributed by atoms with E-state index in [0.29, 0.717) is 18.6 Å². The molecular weight excluding hydrogens is 352 g/mol. The number of phenols is 1. The lowest BCUT2D eigenvalue weighted by Gasteiger charge is -2.20. The van der Waals surface area contributed by atoms with Crippen LogP contribution >= 0.6 is 0 Å². The highest BCUT2D eigenvalue weighted by Gasteiger charge is 2.15. The van der Waals surface area contributed by atoms with Crippen molar-refractivity contribution in [2.24, 2.45) is 0 Å². The number of phenolic OH excluding ortho intramolecular Hbond substituents is 1. The molecule has 0 fully saturated rings. The zero-order valence-electron chi connectivity index (χ0n) is 17.1. The van der Waals surface area contributed by atoms with Crippen molar-refractivity contribution >= 4 is 12.0 Å². The van der Waals surface area contributed by atoms with Crippen molar-refractivity contribution in [3.05, 3.63) is 71.3 Å². The molecule has 1 atom stereocenters. The third kappa shape index (κ3) is 6.86. The normalized spacial score (nSPS) is 12.9. The van der Waals surface area contributed by atoms with E-state index < -0.39 is 12.3 Å². The van der Waals surface area contributed by atoms with E-state index in [0.717, 1.165) is 6.42 Å². The Labute approximate surface area is 167 Å². The third-order valence-electron chi connectivity index (χ3n) is 4.42. The van der Waals surface area contributed by atoms with E-state index in [1.165, 1.54) is 23.3 Å². The van der Waals surface area contributed by atoms with Crippen LogP contribution in [0.4, 0.5) is 0 Å². The van der Waals surface area contributed by atoms with Crippen molar-refractivity contribution in [1.82, 2.24) is 0 Å². The SMILES string of the molecule is CCOC(CCc1ccc(C(C)(C)C)cc1)OC(=O)/C=C/c1ccccc1O. The molecule has 0 aromatic heterocycles. The van der Waals surface area contributed by atoms with Gasteiger partial charge in [-0.2, -0.15) is 0 Å². The van der Waals surface area contributed by atoms with Gasteiger partial charge in [0.15, 0.2) is 0 Å². The fourth-order valence-corrected chi connectivity index (χ4v) is 2.77. The quantitative estimate of drug-likeness (QED) is 0.385. The number of esters is 1. The summed E-state index contributed by atoms with van der Waals surface area (Å²) in [5.74, 6) is -0.378. The highest BCUT2D eigenvalue weighted by Crippen LogP contribution is 2.23. The van der Waals surface area contributed by atoms with Crippen molar-refractivity contribution in [3.8, 4) is 5.75 Å². The van der Waals surface area contributed by atoms with E-state index >= 15 is 0 Å². The predicted octanol–water partition coefficient (Wildman–Crippen LogP) is 5.24. The molecule has 2 aromatic rings. The van der Waals surface area contributed by atoms with Gasteiger partial charge in [0.2, 0.25) is 6.29 Å². The molecule has 4 nitrogen and oxygen atoms in total. The summed E-state index contributed by atoms with van der Waals surface area (Å²) in [6, 6.07) is 15.3. The van der Waals surface area contributed by atoms with E-state index in [1.807, 2.05) is 6.92 Å². The topological polar surface area (TPSA) is 55.8 Å².